The Morgan fingerprint density at radius 2 is 1.63 bits per heavy atom. The summed E-state index contributed by atoms with van der Waals surface area (Å²) in [6.45, 7) is 13.3. The molecule has 2 fully saturated rings. The van der Waals surface area contributed by atoms with Crippen molar-refractivity contribution in [1.29, 1.82) is 0 Å². The molecule has 2 aliphatic rings. The summed E-state index contributed by atoms with van der Waals surface area (Å²) in [6, 6.07) is 8.82. The van der Waals surface area contributed by atoms with Crippen molar-refractivity contribution in [1.82, 2.24) is 20.4 Å². The molecule has 3 rings (SSSR count). The fraction of sp³-hybridized carbons (Fsp3) is 0.708. The third-order valence-electron chi connectivity index (χ3n) is 6.44. The first-order chi connectivity index (χ1) is 14.6. The predicted octanol–water partition coefficient (Wildman–Crippen LogP) is 2.84. The van der Waals surface area contributed by atoms with Crippen LogP contribution in [0.25, 0.3) is 0 Å². The van der Waals surface area contributed by atoms with E-state index in [9.17, 15) is 0 Å². The van der Waals surface area contributed by atoms with Gasteiger partial charge in [0.05, 0.1) is 13.2 Å². The zero-order valence-electron chi connectivity index (χ0n) is 19.3. The summed E-state index contributed by atoms with van der Waals surface area (Å²) >= 11 is 0. The highest BCUT2D eigenvalue weighted by Crippen LogP contribution is 2.17. The standard InChI is InChI=1S/C24H41N5O/c1-24(2,29-14-16-30-17-15-29)20-27-23(25-3)26-18-21-10-6-7-11-22(21)19-28-12-8-4-5-9-13-28/h6-7,10-11H,4-5,8-9,12-20H2,1-3H3,(H2,25,26,27). The topological polar surface area (TPSA) is 52.1 Å². The summed E-state index contributed by atoms with van der Waals surface area (Å²) in [4.78, 5) is 9.56. The van der Waals surface area contributed by atoms with Crippen LogP contribution in [0.2, 0.25) is 0 Å². The molecule has 1 aromatic carbocycles. The number of nitrogens with one attached hydrogen (secondary N) is 2. The van der Waals surface area contributed by atoms with E-state index in [-0.39, 0.29) is 5.54 Å². The summed E-state index contributed by atoms with van der Waals surface area (Å²) in [5, 5.41) is 7.06. The van der Waals surface area contributed by atoms with Gasteiger partial charge in [-0.1, -0.05) is 37.1 Å². The molecule has 6 nitrogen and oxygen atoms in total. The summed E-state index contributed by atoms with van der Waals surface area (Å²) in [5.74, 6) is 0.862. The lowest BCUT2D eigenvalue weighted by atomic mass is 10.0. The molecule has 2 N–H and O–H groups in total. The monoisotopic (exact) mass is 415 g/mol. The van der Waals surface area contributed by atoms with Gasteiger partial charge in [-0.05, 0) is 50.9 Å². The molecular weight excluding hydrogens is 374 g/mol. The van der Waals surface area contributed by atoms with Crippen molar-refractivity contribution in [3.05, 3.63) is 35.4 Å². The second-order valence-corrected chi connectivity index (χ2v) is 9.15. The maximum Gasteiger partial charge on any atom is 0.191 e. The smallest absolute Gasteiger partial charge is 0.191 e. The van der Waals surface area contributed by atoms with Crippen LogP contribution in [0.15, 0.2) is 29.3 Å². The molecule has 2 aliphatic heterocycles. The number of ether oxygens (including phenoxy) is 1. The van der Waals surface area contributed by atoms with Gasteiger partial charge in [0.2, 0.25) is 0 Å². The van der Waals surface area contributed by atoms with Crippen LogP contribution in [-0.2, 0) is 17.8 Å². The molecular formula is C24H41N5O. The molecule has 1 aromatic rings. The third kappa shape index (κ3) is 6.96. The van der Waals surface area contributed by atoms with Gasteiger partial charge in [0.1, 0.15) is 0 Å². The van der Waals surface area contributed by atoms with Crippen molar-refractivity contribution < 1.29 is 4.74 Å². The number of guanidine groups is 1. The Morgan fingerprint density at radius 3 is 2.30 bits per heavy atom. The molecule has 6 heteroatoms. The minimum atomic E-state index is 0.0616. The van der Waals surface area contributed by atoms with Gasteiger partial charge < -0.3 is 15.4 Å². The van der Waals surface area contributed by atoms with E-state index in [0.29, 0.717) is 0 Å². The minimum absolute atomic E-state index is 0.0616. The second-order valence-electron chi connectivity index (χ2n) is 9.15. The Morgan fingerprint density at radius 1 is 0.967 bits per heavy atom. The van der Waals surface area contributed by atoms with Gasteiger partial charge in [-0.3, -0.25) is 14.8 Å². The van der Waals surface area contributed by atoms with Crippen LogP contribution in [0.5, 0.6) is 0 Å². The lowest BCUT2D eigenvalue weighted by Crippen LogP contribution is -2.56. The molecule has 0 saturated carbocycles. The number of nitrogens with zero attached hydrogens (tertiary/aromatic N) is 3. The molecule has 0 aromatic heterocycles. The summed E-state index contributed by atoms with van der Waals surface area (Å²) in [7, 11) is 1.85. The number of rotatable bonds is 7. The molecule has 0 bridgehead atoms. The molecule has 2 saturated heterocycles. The average Bonchev–Trinajstić information content (AvgIpc) is 3.04. The van der Waals surface area contributed by atoms with Gasteiger partial charge in [-0.25, -0.2) is 0 Å². The van der Waals surface area contributed by atoms with Crippen LogP contribution >= 0.6 is 0 Å². The number of likely N-dealkylation sites (tertiary alicyclic amines) is 1. The third-order valence-corrected chi connectivity index (χ3v) is 6.44. The Bertz CT molecular complexity index is 661. The van der Waals surface area contributed by atoms with Crippen LogP contribution < -0.4 is 10.6 Å². The van der Waals surface area contributed by atoms with Crippen molar-refractivity contribution in [3.8, 4) is 0 Å². The van der Waals surface area contributed by atoms with E-state index < -0.39 is 0 Å². The SMILES string of the molecule is CN=C(NCc1ccccc1CN1CCCCCC1)NCC(C)(C)N1CCOCC1. The van der Waals surface area contributed by atoms with Crippen LogP contribution in [0.4, 0.5) is 0 Å². The molecule has 168 valence electrons. The van der Waals surface area contributed by atoms with Crippen LogP contribution in [-0.4, -0.2) is 74.3 Å². The normalized spacial score (nSPS) is 20.0. The molecule has 30 heavy (non-hydrogen) atoms. The molecule has 0 radical (unpaired) electrons. The predicted molar refractivity (Wildman–Crippen MR) is 125 cm³/mol. The molecule has 0 spiro atoms. The van der Waals surface area contributed by atoms with Crippen LogP contribution in [0.3, 0.4) is 0 Å². The van der Waals surface area contributed by atoms with Crippen molar-refractivity contribution in [2.45, 2.75) is 58.2 Å². The average molecular weight is 416 g/mol. The Kier molecular flexibility index (Phi) is 8.97. The fourth-order valence-corrected chi connectivity index (χ4v) is 4.40. The van der Waals surface area contributed by atoms with Crippen molar-refractivity contribution in [2.24, 2.45) is 4.99 Å². The number of hydrogen-bond acceptors (Lipinski definition) is 4. The van der Waals surface area contributed by atoms with Gasteiger partial charge in [0.25, 0.3) is 0 Å². The molecule has 0 aliphatic carbocycles. The molecule has 0 atom stereocenters. The number of aliphatic imine (C=N–C) groups is 1. The Hall–Kier alpha value is -1.63. The Labute approximate surface area is 183 Å². The zero-order valence-corrected chi connectivity index (χ0v) is 19.3. The lowest BCUT2D eigenvalue weighted by molar-refractivity contribution is -0.00834. The van der Waals surface area contributed by atoms with E-state index in [1.165, 1.54) is 49.9 Å². The summed E-state index contributed by atoms with van der Waals surface area (Å²) in [6.07, 6.45) is 5.41. The summed E-state index contributed by atoms with van der Waals surface area (Å²) in [5.41, 5.74) is 2.85. The minimum Gasteiger partial charge on any atom is -0.379 e. The van der Waals surface area contributed by atoms with Gasteiger partial charge in [0.15, 0.2) is 5.96 Å². The highest BCUT2D eigenvalue weighted by Gasteiger charge is 2.28. The highest BCUT2D eigenvalue weighted by molar-refractivity contribution is 5.79. The second kappa shape index (κ2) is 11.7. The van der Waals surface area contributed by atoms with Crippen molar-refractivity contribution >= 4 is 5.96 Å². The van der Waals surface area contributed by atoms with Gasteiger partial charge in [-0.2, -0.15) is 0 Å². The lowest BCUT2D eigenvalue weighted by Gasteiger charge is -2.41. The van der Waals surface area contributed by atoms with E-state index >= 15 is 0 Å². The molecule has 0 amide bonds. The largest absolute Gasteiger partial charge is 0.379 e. The fourth-order valence-electron chi connectivity index (χ4n) is 4.40. The zero-order chi connectivity index (χ0) is 21.2. The van der Waals surface area contributed by atoms with E-state index in [0.717, 1.165) is 51.9 Å². The first-order valence-electron chi connectivity index (χ1n) is 11.6. The van der Waals surface area contributed by atoms with E-state index in [1.54, 1.807) is 0 Å². The van der Waals surface area contributed by atoms with Crippen molar-refractivity contribution in [3.63, 3.8) is 0 Å². The van der Waals surface area contributed by atoms with Crippen LogP contribution in [0.1, 0.15) is 50.7 Å². The van der Waals surface area contributed by atoms with Crippen molar-refractivity contribution in [2.75, 3.05) is 53.0 Å². The number of morpholine rings is 1. The van der Waals surface area contributed by atoms with Gasteiger partial charge in [-0.15, -0.1) is 0 Å². The highest BCUT2D eigenvalue weighted by atomic mass is 16.5. The number of hydrogen-bond donors (Lipinski definition) is 2. The van der Waals surface area contributed by atoms with Gasteiger partial charge in [0, 0.05) is 45.3 Å². The Balaban J connectivity index is 1.52. The number of benzene rings is 1. The van der Waals surface area contributed by atoms with E-state index in [2.05, 4.69) is 63.5 Å². The maximum atomic E-state index is 5.50. The van der Waals surface area contributed by atoms with Crippen LogP contribution in [0, 0.1) is 0 Å². The van der Waals surface area contributed by atoms with Gasteiger partial charge >= 0.3 is 0 Å². The maximum absolute atomic E-state index is 5.50. The quantitative estimate of drug-likeness (QED) is 0.530. The molecule has 0 unspecified atom stereocenters. The van der Waals surface area contributed by atoms with E-state index in [1.807, 2.05) is 7.05 Å². The van der Waals surface area contributed by atoms with E-state index in [4.69, 9.17) is 4.74 Å². The molecule has 2 heterocycles. The first-order valence-corrected chi connectivity index (χ1v) is 11.6. The summed E-state index contributed by atoms with van der Waals surface area (Å²) < 4.78 is 5.50. The first kappa shape index (κ1) is 23.0.